The second kappa shape index (κ2) is 7.99. The molecule has 3 nitrogen and oxygen atoms in total. The Labute approximate surface area is 185 Å². The van der Waals surface area contributed by atoms with Crippen molar-refractivity contribution in [2.75, 3.05) is 13.1 Å². The van der Waals surface area contributed by atoms with Crippen LogP contribution in [-0.2, 0) is 4.79 Å². The van der Waals surface area contributed by atoms with Crippen LogP contribution >= 0.6 is 0 Å². The molecule has 1 atom stereocenters. The van der Waals surface area contributed by atoms with E-state index in [4.69, 9.17) is 0 Å². The lowest BCUT2D eigenvalue weighted by Crippen LogP contribution is -2.53. The van der Waals surface area contributed by atoms with Crippen molar-refractivity contribution in [3.8, 4) is 0 Å². The Morgan fingerprint density at radius 3 is 2.31 bits per heavy atom. The number of halogens is 4. The third-order valence-electron chi connectivity index (χ3n) is 8.40. The second-order valence-corrected chi connectivity index (χ2v) is 9.93. The predicted octanol–water partition coefficient (Wildman–Crippen LogP) is 6.23. The van der Waals surface area contributed by atoms with Crippen LogP contribution in [0.25, 0.3) is 10.9 Å². The molecule has 1 aliphatic heterocycles. The maximum Gasteiger partial charge on any atom is 0.391 e. The van der Waals surface area contributed by atoms with Gasteiger partial charge in [0, 0.05) is 30.6 Å². The van der Waals surface area contributed by atoms with Crippen LogP contribution in [0.2, 0.25) is 0 Å². The number of fused-ring (bicyclic) bond motifs is 1. The Kier molecular flexibility index (Phi) is 5.41. The Balaban J connectivity index is 1.24. The van der Waals surface area contributed by atoms with Gasteiger partial charge in [0.05, 0.1) is 11.4 Å². The zero-order valence-corrected chi connectivity index (χ0v) is 18.0. The average molecular weight is 449 g/mol. The van der Waals surface area contributed by atoms with Crippen LogP contribution < -0.4 is 0 Å². The molecule has 3 aliphatic rings. The standard InChI is InChI=1S/C25H28F4N2O/c26-18-1-2-22-20(15-18)19(6-12-30-22)16-3-9-24(10-4-16)11-5-21(24)23(32)31-13-7-17(8-14-31)25(27,28)29/h1-2,6,12,15-17,21H,3-5,7-11,13-14H2/t16?,21-,24?/m1/s1. The number of hydrogen-bond acceptors (Lipinski definition) is 2. The van der Waals surface area contributed by atoms with Gasteiger partial charge in [-0.2, -0.15) is 13.2 Å². The number of hydrogen-bond donors (Lipinski definition) is 0. The van der Waals surface area contributed by atoms with Crippen molar-refractivity contribution in [2.24, 2.45) is 17.3 Å². The lowest BCUT2D eigenvalue weighted by molar-refractivity contribution is -0.188. The van der Waals surface area contributed by atoms with E-state index in [1.807, 2.05) is 6.07 Å². The van der Waals surface area contributed by atoms with Crippen molar-refractivity contribution < 1.29 is 22.4 Å². The molecule has 2 saturated carbocycles. The maximum absolute atomic E-state index is 13.8. The van der Waals surface area contributed by atoms with Gasteiger partial charge in [0.1, 0.15) is 5.82 Å². The van der Waals surface area contributed by atoms with E-state index in [2.05, 4.69) is 4.98 Å². The van der Waals surface area contributed by atoms with Crippen molar-refractivity contribution in [3.63, 3.8) is 0 Å². The van der Waals surface area contributed by atoms with Gasteiger partial charge in [0.15, 0.2) is 0 Å². The number of benzene rings is 1. The molecule has 1 saturated heterocycles. The van der Waals surface area contributed by atoms with Gasteiger partial charge in [0.25, 0.3) is 0 Å². The van der Waals surface area contributed by atoms with E-state index >= 15 is 0 Å². The zero-order chi connectivity index (χ0) is 22.5. The molecule has 0 bridgehead atoms. The van der Waals surface area contributed by atoms with Crippen LogP contribution in [-0.4, -0.2) is 35.1 Å². The topological polar surface area (TPSA) is 33.2 Å². The number of amides is 1. The molecule has 2 aromatic rings. The second-order valence-electron chi connectivity index (χ2n) is 9.93. The normalized spacial score (nSPS) is 29.3. The molecule has 172 valence electrons. The number of piperidine rings is 1. The summed E-state index contributed by atoms with van der Waals surface area (Å²) in [5.41, 5.74) is 1.91. The van der Waals surface area contributed by atoms with Gasteiger partial charge in [-0.3, -0.25) is 9.78 Å². The van der Waals surface area contributed by atoms with Crippen LogP contribution in [0.15, 0.2) is 30.5 Å². The predicted molar refractivity (Wildman–Crippen MR) is 113 cm³/mol. The lowest BCUT2D eigenvalue weighted by Gasteiger charge is -2.54. The summed E-state index contributed by atoms with van der Waals surface area (Å²) in [7, 11) is 0. The number of nitrogens with zero attached hydrogens (tertiary/aromatic N) is 2. The van der Waals surface area contributed by atoms with Crippen molar-refractivity contribution in [2.45, 2.75) is 63.5 Å². The highest BCUT2D eigenvalue weighted by Crippen LogP contribution is 2.59. The molecule has 2 aliphatic carbocycles. The molecule has 3 fully saturated rings. The quantitative estimate of drug-likeness (QED) is 0.511. The summed E-state index contributed by atoms with van der Waals surface area (Å²) >= 11 is 0. The van der Waals surface area contributed by atoms with Crippen molar-refractivity contribution >= 4 is 16.8 Å². The molecular weight excluding hydrogens is 420 g/mol. The summed E-state index contributed by atoms with van der Waals surface area (Å²) in [6, 6.07) is 6.68. The minimum atomic E-state index is -4.16. The van der Waals surface area contributed by atoms with Gasteiger partial charge >= 0.3 is 6.18 Å². The fourth-order valence-corrected chi connectivity index (χ4v) is 6.33. The van der Waals surface area contributed by atoms with E-state index in [-0.39, 0.29) is 49.0 Å². The number of carbonyl (C=O) groups excluding carboxylic acids is 1. The van der Waals surface area contributed by atoms with Crippen LogP contribution in [0.5, 0.6) is 0 Å². The van der Waals surface area contributed by atoms with Crippen molar-refractivity contribution in [1.82, 2.24) is 9.88 Å². The van der Waals surface area contributed by atoms with Gasteiger partial charge in [0.2, 0.25) is 5.91 Å². The van der Waals surface area contributed by atoms with Crippen LogP contribution in [0.4, 0.5) is 17.6 Å². The van der Waals surface area contributed by atoms with E-state index in [1.165, 1.54) is 6.07 Å². The minimum Gasteiger partial charge on any atom is -0.342 e. The van der Waals surface area contributed by atoms with Gasteiger partial charge in [-0.15, -0.1) is 0 Å². The van der Waals surface area contributed by atoms with E-state index in [1.54, 1.807) is 23.2 Å². The first-order valence-electron chi connectivity index (χ1n) is 11.7. The molecule has 0 N–H and O–H groups in total. The molecule has 1 amide bonds. The third-order valence-corrected chi connectivity index (χ3v) is 8.40. The van der Waals surface area contributed by atoms with Crippen LogP contribution in [0.1, 0.15) is 62.8 Å². The summed E-state index contributed by atoms with van der Waals surface area (Å²) < 4.78 is 52.7. The first-order chi connectivity index (χ1) is 15.3. The van der Waals surface area contributed by atoms with E-state index in [0.717, 1.165) is 55.0 Å². The van der Waals surface area contributed by atoms with Gasteiger partial charge in [-0.25, -0.2) is 4.39 Å². The number of aromatic nitrogens is 1. The molecule has 2 heterocycles. The summed E-state index contributed by atoms with van der Waals surface area (Å²) in [5.74, 6) is -1.23. The number of carbonyl (C=O) groups is 1. The molecule has 7 heteroatoms. The fourth-order valence-electron chi connectivity index (χ4n) is 6.33. The number of alkyl halides is 3. The summed E-state index contributed by atoms with van der Waals surface area (Å²) in [6.07, 6.45) is 3.26. The highest BCUT2D eigenvalue weighted by Gasteiger charge is 2.53. The highest BCUT2D eigenvalue weighted by molar-refractivity contribution is 5.83. The Bertz CT molecular complexity index is 1000. The van der Waals surface area contributed by atoms with Gasteiger partial charge in [-0.05, 0) is 92.5 Å². The number of likely N-dealkylation sites (tertiary alicyclic amines) is 1. The van der Waals surface area contributed by atoms with E-state index < -0.39 is 12.1 Å². The Hall–Kier alpha value is -2.18. The first kappa shape index (κ1) is 21.7. The van der Waals surface area contributed by atoms with Crippen LogP contribution in [0, 0.1) is 23.1 Å². The number of pyridine rings is 1. The molecule has 0 unspecified atom stereocenters. The number of rotatable bonds is 2. The molecule has 5 rings (SSSR count). The molecule has 1 aromatic heterocycles. The van der Waals surface area contributed by atoms with Crippen LogP contribution in [0.3, 0.4) is 0 Å². The SMILES string of the molecule is O=C([C@H]1CCC12CCC(c1ccnc3ccc(F)cc13)CC2)N1CCC(C(F)(F)F)CC1. The summed E-state index contributed by atoms with van der Waals surface area (Å²) in [5, 5.41) is 0.863. The molecule has 1 aromatic carbocycles. The minimum absolute atomic E-state index is 0.0114. The Morgan fingerprint density at radius 1 is 1.00 bits per heavy atom. The van der Waals surface area contributed by atoms with Crippen molar-refractivity contribution in [3.05, 3.63) is 41.8 Å². The van der Waals surface area contributed by atoms with Gasteiger partial charge < -0.3 is 4.90 Å². The van der Waals surface area contributed by atoms with E-state index in [9.17, 15) is 22.4 Å². The molecule has 1 spiro atoms. The molecular formula is C25H28F4N2O. The summed E-state index contributed by atoms with van der Waals surface area (Å²) in [6.45, 7) is 0.430. The van der Waals surface area contributed by atoms with E-state index in [0.29, 0.717) is 5.92 Å². The van der Waals surface area contributed by atoms with Crippen molar-refractivity contribution in [1.29, 1.82) is 0 Å². The van der Waals surface area contributed by atoms with Gasteiger partial charge in [-0.1, -0.05) is 0 Å². The maximum atomic E-state index is 13.8. The fraction of sp³-hybridized carbons (Fsp3) is 0.600. The summed E-state index contributed by atoms with van der Waals surface area (Å²) in [4.78, 5) is 19.2. The first-order valence-corrected chi connectivity index (χ1v) is 11.7. The molecule has 0 radical (unpaired) electrons. The highest BCUT2D eigenvalue weighted by atomic mass is 19.4. The molecule has 32 heavy (non-hydrogen) atoms. The Morgan fingerprint density at radius 2 is 1.69 bits per heavy atom. The lowest BCUT2D eigenvalue weighted by atomic mass is 9.52. The zero-order valence-electron chi connectivity index (χ0n) is 18.0. The third kappa shape index (κ3) is 3.77. The monoisotopic (exact) mass is 448 g/mol. The largest absolute Gasteiger partial charge is 0.391 e. The average Bonchev–Trinajstić information content (AvgIpc) is 2.77. The smallest absolute Gasteiger partial charge is 0.342 e.